The molecule has 13 nitrogen and oxygen atoms in total. The summed E-state index contributed by atoms with van der Waals surface area (Å²) in [5.74, 6) is 0.308. The molecule has 0 saturated heterocycles. The SMILES string of the molecule is C#CCOCCOCCOCCOCCC(=O)NCC(CCCCNC(=O)OC(C)(C)C)(C(=O)OC)C(=O)OC. The zero-order chi connectivity index (χ0) is 30.3. The smallest absolute Gasteiger partial charge is 0.407 e. The molecule has 2 amide bonds. The fraction of sp³-hybridized carbons (Fsp3) is 0.778. The molecule has 0 spiro atoms. The van der Waals surface area contributed by atoms with Crippen molar-refractivity contribution in [3.05, 3.63) is 0 Å². The number of ether oxygens (including phenoxy) is 7. The molecule has 0 aromatic heterocycles. The van der Waals surface area contributed by atoms with E-state index in [1.165, 1.54) is 0 Å². The number of esters is 2. The lowest BCUT2D eigenvalue weighted by Crippen LogP contribution is -2.50. The van der Waals surface area contributed by atoms with Gasteiger partial charge in [0.2, 0.25) is 5.91 Å². The Kier molecular flexibility index (Phi) is 20.3. The van der Waals surface area contributed by atoms with Crippen LogP contribution in [-0.2, 0) is 47.5 Å². The lowest BCUT2D eigenvalue weighted by Gasteiger charge is -2.28. The van der Waals surface area contributed by atoms with Crippen molar-refractivity contribution in [3.63, 3.8) is 0 Å². The first-order chi connectivity index (χ1) is 19.0. The number of carbonyl (C=O) groups excluding carboxylic acids is 4. The maximum Gasteiger partial charge on any atom is 0.407 e. The van der Waals surface area contributed by atoms with E-state index >= 15 is 0 Å². The first-order valence-electron chi connectivity index (χ1n) is 13.2. The maximum absolute atomic E-state index is 12.6. The van der Waals surface area contributed by atoms with Crippen LogP contribution in [0.3, 0.4) is 0 Å². The molecule has 0 fully saturated rings. The Bertz CT molecular complexity index is 774. The van der Waals surface area contributed by atoms with Crippen molar-refractivity contribution in [2.24, 2.45) is 5.41 Å². The van der Waals surface area contributed by atoms with Crippen LogP contribution < -0.4 is 10.6 Å². The van der Waals surface area contributed by atoms with Crippen LogP contribution in [0.5, 0.6) is 0 Å². The van der Waals surface area contributed by atoms with Crippen LogP contribution >= 0.6 is 0 Å². The molecule has 230 valence electrons. The molecule has 0 aliphatic heterocycles. The van der Waals surface area contributed by atoms with Crippen LogP contribution in [-0.4, -0.2) is 110 Å². The second-order valence-corrected chi connectivity index (χ2v) is 9.57. The number of unbranched alkanes of at least 4 members (excludes halogenated alkanes) is 1. The molecule has 0 aromatic rings. The van der Waals surface area contributed by atoms with E-state index in [9.17, 15) is 19.2 Å². The summed E-state index contributed by atoms with van der Waals surface area (Å²) in [6, 6.07) is 0. The van der Waals surface area contributed by atoms with Crippen molar-refractivity contribution in [3.8, 4) is 12.3 Å². The quantitative estimate of drug-likeness (QED) is 0.0630. The van der Waals surface area contributed by atoms with Crippen molar-refractivity contribution >= 4 is 23.9 Å². The second-order valence-electron chi connectivity index (χ2n) is 9.57. The highest BCUT2D eigenvalue weighted by Crippen LogP contribution is 2.28. The van der Waals surface area contributed by atoms with Crippen LogP contribution in [0.1, 0.15) is 46.5 Å². The van der Waals surface area contributed by atoms with Crippen LogP contribution in [0.15, 0.2) is 0 Å². The molecule has 0 radical (unpaired) electrons. The summed E-state index contributed by atoms with van der Waals surface area (Å²) in [5.41, 5.74) is -2.35. The summed E-state index contributed by atoms with van der Waals surface area (Å²) in [7, 11) is 2.31. The molecular formula is C27H46N2O11. The molecule has 2 N–H and O–H groups in total. The van der Waals surface area contributed by atoms with E-state index in [4.69, 9.17) is 39.6 Å². The van der Waals surface area contributed by atoms with E-state index < -0.39 is 35.0 Å². The van der Waals surface area contributed by atoms with Crippen molar-refractivity contribution < 1.29 is 52.3 Å². The maximum atomic E-state index is 12.6. The van der Waals surface area contributed by atoms with E-state index in [1.54, 1.807) is 20.8 Å². The lowest BCUT2D eigenvalue weighted by atomic mass is 9.82. The molecule has 0 saturated carbocycles. The Balaban J connectivity index is 4.41. The summed E-state index contributed by atoms with van der Waals surface area (Å²) < 4.78 is 36.0. The summed E-state index contributed by atoms with van der Waals surface area (Å²) in [4.78, 5) is 49.4. The van der Waals surface area contributed by atoms with E-state index in [0.29, 0.717) is 45.9 Å². The molecule has 0 atom stereocenters. The first kappa shape index (κ1) is 37.1. The van der Waals surface area contributed by atoms with Crippen molar-refractivity contribution in [1.82, 2.24) is 10.6 Å². The third-order valence-corrected chi connectivity index (χ3v) is 5.21. The molecule has 0 unspecified atom stereocenters. The van der Waals surface area contributed by atoms with Gasteiger partial charge in [0.05, 0.1) is 60.5 Å². The van der Waals surface area contributed by atoms with E-state index in [2.05, 4.69) is 16.6 Å². The number of carbonyl (C=O) groups is 4. The minimum absolute atomic E-state index is 0.0129. The van der Waals surface area contributed by atoms with Crippen molar-refractivity contribution in [1.29, 1.82) is 0 Å². The molecule has 0 bridgehead atoms. The van der Waals surface area contributed by atoms with Crippen LogP contribution in [0.4, 0.5) is 4.79 Å². The minimum atomic E-state index is -1.73. The average Bonchev–Trinajstić information content (AvgIpc) is 2.90. The number of alkyl carbamates (subject to hydrolysis) is 1. The Morgan fingerprint density at radius 1 is 0.750 bits per heavy atom. The topological polar surface area (TPSA) is 157 Å². The van der Waals surface area contributed by atoms with Crippen LogP contribution in [0, 0.1) is 17.8 Å². The van der Waals surface area contributed by atoms with Gasteiger partial charge < -0.3 is 43.8 Å². The largest absolute Gasteiger partial charge is 0.468 e. The zero-order valence-corrected chi connectivity index (χ0v) is 24.5. The fourth-order valence-corrected chi connectivity index (χ4v) is 3.26. The highest BCUT2D eigenvalue weighted by molar-refractivity contribution is 6.00. The number of methoxy groups -OCH3 is 2. The van der Waals surface area contributed by atoms with Gasteiger partial charge in [-0.1, -0.05) is 5.92 Å². The lowest BCUT2D eigenvalue weighted by molar-refractivity contribution is -0.169. The van der Waals surface area contributed by atoms with Gasteiger partial charge in [-0.05, 0) is 40.0 Å². The molecule has 13 heteroatoms. The number of rotatable bonds is 22. The van der Waals surface area contributed by atoms with E-state index in [1.807, 2.05) is 0 Å². The van der Waals surface area contributed by atoms with Gasteiger partial charge in [-0.3, -0.25) is 14.4 Å². The standard InChI is InChI=1S/C27H46N2O11/c1-7-13-36-15-17-38-19-20-39-18-16-37-14-10-22(30)29-21-27(23(31)34-5,24(32)35-6)11-8-9-12-28-25(33)40-26(2,3)4/h1H,8-21H2,2-6H3,(H,28,33)(H,29,30). The zero-order valence-electron chi connectivity index (χ0n) is 24.5. The molecule has 0 aliphatic carbocycles. The Labute approximate surface area is 237 Å². The Morgan fingerprint density at radius 3 is 1.77 bits per heavy atom. The highest BCUT2D eigenvalue weighted by atomic mass is 16.6. The van der Waals surface area contributed by atoms with Crippen molar-refractivity contribution in [2.75, 3.05) is 80.2 Å². The highest BCUT2D eigenvalue weighted by Gasteiger charge is 2.48. The van der Waals surface area contributed by atoms with Gasteiger partial charge in [-0.2, -0.15) is 0 Å². The first-order valence-corrected chi connectivity index (χ1v) is 13.2. The van der Waals surface area contributed by atoms with Gasteiger partial charge in [0.15, 0.2) is 5.41 Å². The summed E-state index contributed by atoms with van der Waals surface area (Å²) in [6.07, 6.45) is 5.37. The fourth-order valence-electron chi connectivity index (χ4n) is 3.26. The summed E-state index contributed by atoms with van der Waals surface area (Å²) in [5, 5.41) is 5.22. The van der Waals surface area contributed by atoms with E-state index in [-0.39, 0.29) is 45.8 Å². The third kappa shape index (κ3) is 17.6. The normalized spacial score (nSPS) is 11.3. The number of hydrogen-bond acceptors (Lipinski definition) is 11. The Morgan fingerprint density at radius 2 is 1.27 bits per heavy atom. The predicted molar refractivity (Wildman–Crippen MR) is 144 cm³/mol. The number of nitrogens with one attached hydrogen (secondary N) is 2. The van der Waals surface area contributed by atoms with Gasteiger partial charge in [0.1, 0.15) is 12.2 Å². The molecular weight excluding hydrogens is 528 g/mol. The predicted octanol–water partition coefficient (Wildman–Crippen LogP) is 1.22. The second kappa shape index (κ2) is 21.8. The summed E-state index contributed by atoms with van der Waals surface area (Å²) >= 11 is 0. The van der Waals surface area contributed by atoms with Gasteiger partial charge in [0, 0.05) is 19.5 Å². The number of amides is 2. The Hall–Kier alpha value is -2.92. The van der Waals surface area contributed by atoms with Gasteiger partial charge in [0.25, 0.3) is 0 Å². The van der Waals surface area contributed by atoms with Gasteiger partial charge in [-0.25, -0.2) is 4.79 Å². The average molecular weight is 575 g/mol. The molecule has 0 heterocycles. The number of hydrogen-bond donors (Lipinski definition) is 2. The van der Waals surface area contributed by atoms with Gasteiger partial charge >= 0.3 is 18.0 Å². The third-order valence-electron chi connectivity index (χ3n) is 5.21. The monoisotopic (exact) mass is 574 g/mol. The van der Waals surface area contributed by atoms with Crippen LogP contribution in [0.25, 0.3) is 0 Å². The number of terminal acetylenes is 1. The molecule has 0 rings (SSSR count). The van der Waals surface area contributed by atoms with Gasteiger partial charge in [-0.15, -0.1) is 6.42 Å². The van der Waals surface area contributed by atoms with Crippen LogP contribution in [0.2, 0.25) is 0 Å². The summed E-state index contributed by atoms with van der Waals surface area (Å²) in [6.45, 7) is 7.86. The minimum Gasteiger partial charge on any atom is -0.468 e. The molecule has 0 aromatic carbocycles. The molecule has 40 heavy (non-hydrogen) atoms. The molecule has 0 aliphatic rings. The van der Waals surface area contributed by atoms with E-state index in [0.717, 1.165) is 14.2 Å². The van der Waals surface area contributed by atoms with Crippen molar-refractivity contribution in [2.45, 2.75) is 52.1 Å².